The van der Waals surface area contributed by atoms with Crippen LogP contribution in [0.1, 0.15) is 27.5 Å². The van der Waals surface area contributed by atoms with Crippen LogP contribution in [0.15, 0.2) is 60.0 Å². The van der Waals surface area contributed by atoms with Crippen LogP contribution >= 0.6 is 23.4 Å². The Balaban J connectivity index is 1.37. The molecule has 0 bridgehead atoms. The van der Waals surface area contributed by atoms with Crippen LogP contribution in [0, 0.1) is 0 Å². The SMILES string of the molecule is O=C(NCC(c1ccc(Cl)cc1)N1CCOCC1)c1ccc(CSc2ncn[nH]2)cc1. The molecule has 3 aromatic rings. The average Bonchev–Trinajstić information content (AvgIpc) is 3.34. The van der Waals surface area contributed by atoms with Crippen molar-refractivity contribution >= 4 is 29.3 Å². The van der Waals surface area contributed by atoms with E-state index in [1.807, 2.05) is 48.5 Å². The molecule has 2 heterocycles. The molecule has 2 N–H and O–H groups in total. The van der Waals surface area contributed by atoms with Gasteiger partial charge in [0.15, 0.2) is 5.16 Å². The first-order valence-corrected chi connectivity index (χ1v) is 11.5. The van der Waals surface area contributed by atoms with Crippen LogP contribution in [0.25, 0.3) is 0 Å². The van der Waals surface area contributed by atoms with Gasteiger partial charge in [0.25, 0.3) is 5.91 Å². The molecule has 0 aliphatic carbocycles. The summed E-state index contributed by atoms with van der Waals surface area (Å²) in [6.07, 6.45) is 1.49. The molecular weight excluding hydrogens is 434 g/mol. The lowest BCUT2D eigenvalue weighted by molar-refractivity contribution is 0.0162. The number of carbonyl (C=O) groups excluding carboxylic acids is 1. The Morgan fingerprint density at radius 1 is 1.16 bits per heavy atom. The first-order chi connectivity index (χ1) is 15.2. The number of rotatable bonds is 8. The minimum absolute atomic E-state index is 0.0719. The minimum atomic E-state index is -0.0818. The van der Waals surface area contributed by atoms with Gasteiger partial charge in [-0.1, -0.05) is 47.6 Å². The maximum absolute atomic E-state index is 12.8. The molecule has 1 atom stereocenters. The van der Waals surface area contributed by atoms with Crippen molar-refractivity contribution < 1.29 is 9.53 Å². The maximum Gasteiger partial charge on any atom is 0.251 e. The van der Waals surface area contributed by atoms with Gasteiger partial charge >= 0.3 is 0 Å². The summed E-state index contributed by atoms with van der Waals surface area (Å²) in [7, 11) is 0. The minimum Gasteiger partial charge on any atom is -0.379 e. The third kappa shape index (κ3) is 6.07. The Kier molecular flexibility index (Phi) is 7.58. The molecule has 1 aliphatic heterocycles. The van der Waals surface area contributed by atoms with E-state index in [4.69, 9.17) is 16.3 Å². The molecule has 0 saturated carbocycles. The summed E-state index contributed by atoms with van der Waals surface area (Å²) >= 11 is 7.63. The highest BCUT2D eigenvalue weighted by atomic mass is 35.5. The summed E-state index contributed by atoms with van der Waals surface area (Å²) in [4.78, 5) is 19.2. The van der Waals surface area contributed by atoms with Gasteiger partial charge in [-0.2, -0.15) is 5.10 Å². The van der Waals surface area contributed by atoms with Crippen LogP contribution in [0.3, 0.4) is 0 Å². The molecule has 1 fully saturated rings. The van der Waals surface area contributed by atoms with Gasteiger partial charge in [-0.25, -0.2) is 4.98 Å². The van der Waals surface area contributed by atoms with Gasteiger partial charge in [-0.15, -0.1) is 0 Å². The monoisotopic (exact) mass is 457 g/mol. The molecule has 1 aliphatic rings. The summed E-state index contributed by atoms with van der Waals surface area (Å²) in [5.41, 5.74) is 2.89. The number of amides is 1. The van der Waals surface area contributed by atoms with Crippen LogP contribution in [-0.4, -0.2) is 58.8 Å². The standard InChI is InChI=1S/C22H24ClN5O2S/c23-19-7-5-17(6-8-19)20(28-9-11-30-12-10-28)13-24-21(29)18-3-1-16(2-4-18)14-31-22-25-15-26-27-22/h1-8,15,20H,9-14H2,(H,24,29)(H,25,26,27). The third-order valence-electron chi connectivity index (χ3n) is 5.18. The number of aromatic amines is 1. The fourth-order valence-electron chi connectivity index (χ4n) is 3.49. The number of benzene rings is 2. The zero-order chi connectivity index (χ0) is 21.5. The number of morpholine rings is 1. The van der Waals surface area contributed by atoms with E-state index in [1.165, 1.54) is 6.33 Å². The molecule has 0 radical (unpaired) electrons. The molecular formula is C22H24ClN5O2S. The predicted octanol–water partition coefficient (Wildman–Crippen LogP) is 3.55. The van der Waals surface area contributed by atoms with E-state index >= 15 is 0 Å². The van der Waals surface area contributed by atoms with Crippen molar-refractivity contribution in [3.63, 3.8) is 0 Å². The van der Waals surface area contributed by atoms with E-state index in [-0.39, 0.29) is 11.9 Å². The van der Waals surface area contributed by atoms with Crippen LogP contribution in [-0.2, 0) is 10.5 Å². The van der Waals surface area contributed by atoms with Crippen molar-refractivity contribution in [3.05, 3.63) is 76.6 Å². The first kappa shape index (κ1) is 21.8. The topological polar surface area (TPSA) is 83.1 Å². The highest BCUT2D eigenvalue weighted by molar-refractivity contribution is 7.98. The summed E-state index contributed by atoms with van der Waals surface area (Å²) in [6.45, 7) is 3.59. The van der Waals surface area contributed by atoms with E-state index in [9.17, 15) is 4.79 Å². The van der Waals surface area contributed by atoms with Gasteiger partial charge in [0.2, 0.25) is 0 Å². The van der Waals surface area contributed by atoms with Crippen molar-refractivity contribution in [1.82, 2.24) is 25.4 Å². The van der Waals surface area contributed by atoms with Gasteiger partial charge < -0.3 is 10.1 Å². The normalized spacial score (nSPS) is 15.5. The number of hydrogen-bond acceptors (Lipinski definition) is 6. The Labute approximate surface area is 190 Å². The van der Waals surface area contributed by atoms with E-state index in [0.29, 0.717) is 30.3 Å². The van der Waals surface area contributed by atoms with E-state index in [2.05, 4.69) is 25.4 Å². The van der Waals surface area contributed by atoms with Crippen molar-refractivity contribution in [2.75, 3.05) is 32.8 Å². The maximum atomic E-state index is 12.8. The largest absolute Gasteiger partial charge is 0.379 e. The van der Waals surface area contributed by atoms with E-state index in [1.54, 1.807) is 11.8 Å². The average molecular weight is 458 g/mol. The van der Waals surface area contributed by atoms with Crippen LogP contribution in [0.4, 0.5) is 0 Å². The van der Waals surface area contributed by atoms with Gasteiger partial charge in [-0.3, -0.25) is 14.8 Å². The van der Waals surface area contributed by atoms with Crippen LogP contribution < -0.4 is 5.32 Å². The second-order valence-electron chi connectivity index (χ2n) is 7.20. The van der Waals surface area contributed by atoms with Gasteiger partial charge in [0.05, 0.1) is 19.3 Å². The predicted molar refractivity (Wildman–Crippen MR) is 121 cm³/mol. The van der Waals surface area contributed by atoms with Gasteiger partial charge in [0, 0.05) is 36.0 Å². The number of hydrogen-bond donors (Lipinski definition) is 2. The number of ether oxygens (including phenoxy) is 1. The molecule has 1 saturated heterocycles. The molecule has 2 aromatic carbocycles. The zero-order valence-electron chi connectivity index (χ0n) is 17.0. The summed E-state index contributed by atoms with van der Waals surface area (Å²) in [5, 5.41) is 11.2. The number of nitrogens with zero attached hydrogens (tertiary/aromatic N) is 3. The molecule has 1 unspecified atom stereocenters. The van der Waals surface area contributed by atoms with Crippen LogP contribution in [0.5, 0.6) is 0 Å². The van der Waals surface area contributed by atoms with E-state index in [0.717, 1.165) is 35.1 Å². The summed E-state index contributed by atoms with van der Waals surface area (Å²) < 4.78 is 5.49. The Morgan fingerprint density at radius 3 is 2.58 bits per heavy atom. The van der Waals surface area contributed by atoms with Crippen molar-refractivity contribution in [2.45, 2.75) is 17.0 Å². The number of carbonyl (C=O) groups is 1. The molecule has 31 heavy (non-hydrogen) atoms. The highest BCUT2D eigenvalue weighted by Gasteiger charge is 2.23. The highest BCUT2D eigenvalue weighted by Crippen LogP contribution is 2.23. The lowest BCUT2D eigenvalue weighted by Gasteiger charge is -2.35. The fraction of sp³-hybridized carbons (Fsp3) is 0.318. The number of aromatic nitrogens is 3. The van der Waals surface area contributed by atoms with Crippen molar-refractivity contribution in [1.29, 1.82) is 0 Å². The molecule has 1 amide bonds. The van der Waals surface area contributed by atoms with Gasteiger partial charge in [-0.05, 0) is 35.4 Å². The molecule has 162 valence electrons. The second-order valence-corrected chi connectivity index (χ2v) is 8.60. The van der Waals surface area contributed by atoms with E-state index < -0.39 is 0 Å². The Bertz CT molecular complexity index is 961. The van der Waals surface area contributed by atoms with Crippen molar-refractivity contribution in [2.24, 2.45) is 0 Å². The second kappa shape index (κ2) is 10.8. The van der Waals surface area contributed by atoms with Crippen molar-refractivity contribution in [3.8, 4) is 0 Å². The lowest BCUT2D eigenvalue weighted by atomic mass is 10.0. The number of halogens is 1. The number of H-pyrrole nitrogens is 1. The van der Waals surface area contributed by atoms with Crippen LogP contribution in [0.2, 0.25) is 5.02 Å². The Hall–Kier alpha value is -2.39. The molecule has 0 spiro atoms. The zero-order valence-corrected chi connectivity index (χ0v) is 18.5. The quantitative estimate of drug-likeness (QED) is 0.503. The summed E-state index contributed by atoms with van der Waals surface area (Å²) in [5.74, 6) is 0.675. The Morgan fingerprint density at radius 2 is 1.90 bits per heavy atom. The molecule has 4 rings (SSSR count). The van der Waals surface area contributed by atoms with Gasteiger partial charge in [0.1, 0.15) is 6.33 Å². The first-order valence-electron chi connectivity index (χ1n) is 10.1. The summed E-state index contributed by atoms with van der Waals surface area (Å²) in [6, 6.07) is 15.6. The number of nitrogens with one attached hydrogen (secondary N) is 2. The number of thioether (sulfide) groups is 1. The third-order valence-corrected chi connectivity index (χ3v) is 6.38. The fourth-order valence-corrected chi connectivity index (χ4v) is 4.35. The molecule has 9 heteroatoms. The molecule has 7 nitrogen and oxygen atoms in total. The molecule has 1 aromatic heterocycles. The lowest BCUT2D eigenvalue weighted by Crippen LogP contribution is -2.43. The smallest absolute Gasteiger partial charge is 0.251 e.